The smallest absolute Gasteiger partial charge is 0.122 e. The zero-order valence-corrected chi connectivity index (χ0v) is 27.4. The Kier molecular flexibility index (Phi) is 7.46. The Bertz CT molecular complexity index is 2080. The normalized spacial score (nSPS) is 30.9. The van der Waals surface area contributed by atoms with Gasteiger partial charge < -0.3 is 20.3 Å². The van der Waals surface area contributed by atoms with Gasteiger partial charge in [-0.3, -0.25) is 4.39 Å². The molecular weight excluding hydrogens is 612 g/mol. The summed E-state index contributed by atoms with van der Waals surface area (Å²) in [7, 11) is 0. The minimum atomic E-state index is -1.36. The molecule has 3 aromatic carbocycles. The first kappa shape index (κ1) is 30.4. The molecule has 7 unspecified atom stereocenters. The van der Waals surface area contributed by atoms with E-state index in [2.05, 4.69) is 88.4 Å². The number of aliphatic hydroxyl groups excluding tert-OH is 1. The number of aromatic nitrogens is 1. The molecule has 49 heavy (non-hydrogen) atoms. The van der Waals surface area contributed by atoms with Crippen LogP contribution >= 0.6 is 0 Å². The highest BCUT2D eigenvalue weighted by molar-refractivity contribution is 6.10. The van der Waals surface area contributed by atoms with Gasteiger partial charge in [0.25, 0.3) is 0 Å². The van der Waals surface area contributed by atoms with E-state index < -0.39 is 30.6 Å². The number of rotatable bonds is 5. The highest BCUT2D eigenvalue weighted by Crippen LogP contribution is 2.51. The second-order valence-electron chi connectivity index (χ2n) is 14.4. The van der Waals surface area contributed by atoms with E-state index in [0.717, 1.165) is 38.8 Å². The first-order valence-corrected chi connectivity index (χ1v) is 17.7. The minimum Gasteiger partial charge on any atom is -0.512 e. The molecule has 0 spiro atoms. The van der Waals surface area contributed by atoms with Crippen LogP contribution in [0.4, 0.5) is 14.5 Å². The molecule has 3 N–H and O–H groups in total. The van der Waals surface area contributed by atoms with Gasteiger partial charge in [0.15, 0.2) is 0 Å². The topological polar surface area (TPSA) is 54.4 Å². The molecule has 9 rings (SSSR count). The van der Waals surface area contributed by atoms with Crippen LogP contribution in [0.25, 0.3) is 27.5 Å². The molecule has 0 amide bonds. The molecule has 6 heteroatoms. The summed E-state index contributed by atoms with van der Waals surface area (Å²) >= 11 is 0. The maximum absolute atomic E-state index is 16.7. The molecule has 0 bridgehead atoms. The molecule has 1 aliphatic heterocycles. The third kappa shape index (κ3) is 4.86. The Morgan fingerprint density at radius 1 is 0.816 bits per heavy atom. The number of fused-ring (bicyclic) bond motifs is 6. The van der Waals surface area contributed by atoms with Crippen molar-refractivity contribution in [2.45, 2.75) is 49.9 Å². The molecule has 2 heterocycles. The summed E-state index contributed by atoms with van der Waals surface area (Å²) in [5.41, 5.74) is 14.4. The zero-order valence-electron chi connectivity index (χ0n) is 27.4. The van der Waals surface area contributed by atoms with E-state index in [1.54, 1.807) is 12.2 Å². The van der Waals surface area contributed by atoms with Gasteiger partial charge in [0.1, 0.15) is 6.17 Å². The number of hydrogen-bond acceptors (Lipinski definition) is 3. The molecule has 0 fully saturated rings. The number of hydrogen-bond donors (Lipinski definition) is 2. The van der Waals surface area contributed by atoms with Crippen molar-refractivity contribution < 1.29 is 13.9 Å². The lowest BCUT2D eigenvalue weighted by Gasteiger charge is -2.44. The van der Waals surface area contributed by atoms with E-state index in [9.17, 15) is 5.11 Å². The van der Waals surface area contributed by atoms with Crippen molar-refractivity contribution in [2.75, 3.05) is 11.6 Å². The molecule has 4 aromatic rings. The molecule has 5 aliphatic rings. The number of alkyl halides is 2. The van der Waals surface area contributed by atoms with Crippen LogP contribution in [0.5, 0.6) is 0 Å². The van der Waals surface area contributed by atoms with Gasteiger partial charge >= 0.3 is 0 Å². The molecule has 4 aliphatic carbocycles. The summed E-state index contributed by atoms with van der Waals surface area (Å²) in [5.74, 6) is -1.20. The lowest BCUT2D eigenvalue weighted by molar-refractivity contribution is 0.0810. The van der Waals surface area contributed by atoms with Crippen LogP contribution in [0, 0.1) is 23.7 Å². The van der Waals surface area contributed by atoms with Crippen molar-refractivity contribution in [1.29, 1.82) is 0 Å². The molecule has 0 saturated carbocycles. The third-order valence-corrected chi connectivity index (χ3v) is 11.9. The number of nitrogens with two attached hydrogens (primary N) is 1. The van der Waals surface area contributed by atoms with Gasteiger partial charge in [-0.25, -0.2) is 4.39 Å². The Labute approximate surface area is 285 Å². The van der Waals surface area contributed by atoms with Gasteiger partial charge in [-0.2, -0.15) is 0 Å². The lowest BCUT2D eigenvalue weighted by Crippen LogP contribution is -2.47. The molecule has 248 valence electrons. The van der Waals surface area contributed by atoms with Crippen molar-refractivity contribution >= 4 is 33.2 Å². The fraction of sp³-hybridized carbons (Fsp3) is 0.302. The summed E-state index contributed by atoms with van der Waals surface area (Å²) in [6.07, 6.45) is 17.1. The van der Waals surface area contributed by atoms with Crippen LogP contribution in [-0.2, 0) is 0 Å². The van der Waals surface area contributed by atoms with Gasteiger partial charge in [0.05, 0.1) is 29.5 Å². The Morgan fingerprint density at radius 3 is 2.31 bits per heavy atom. The van der Waals surface area contributed by atoms with Gasteiger partial charge in [0, 0.05) is 58.1 Å². The van der Waals surface area contributed by atoms with E-state index in [0.29, 0.717) is 25.7 Å². The van der Waals surface area contributed by atoms with Crippen LogP contribution in [0.15, 0.2) is 138 Å². The van der Waals surface area contributed by atoms with Crippen LogP contribution < -0.4 is 10.6 Å². The minimum absolute atomic E-state index is 0.164. The average molecular weight is 654 g/mol. The fourth-order valence-corrected chi connectivity index (χ4v) is 9.65. The molecule has 1 aromatic heterocycles. The summed E-state index contributed by atoms with van der Waals surface area (Å²) in [6.45, 7) is -0.623. The number of benzene rings is 3. The second kappa shape index (κ2) is 12.0. The Balaban J connectivity index is 1.01. The van der Waals surface area contributed by atoms with Gasteiger partial charge in [-0.05, 0) is 67.0 Å². The van der Waals surface area contributed by atoms with Crippen molar-refractivity contribution in [3.63, 3.8) is 0 Å². The van der Waals surface area contributed by atoms with Crippen LogP contribution in [0.1, 0.15) is 37.2 Å². The number of halogens is 2. The van der Waals surface area contributed by atoms with Crippen LogP contribution in [0.3, 0.4) is 0 Å². The third-order valence-electron chi connectivity index (χ3n) is 11.9. The highest BCUT2D eigenvalue weighted by atomic mass is 19.1. The highest BCUT2D eigenvalue weighted by Gasteiger charge is 2.46. The SMILES string of the molecule is NC1CC=C(N2c3ccccc3C3C=CC=C[C@H]32)CC1C1C(F)C=C(C2CC(n3c4ccccc4c4ccccc43)=CC=C2O)CC1CF. The number of aliphatic hydroxyl groups is 1. The molecule has 8 atom stereocenters. The number of para-hydroxylation sites is 3. The van der Waals surface area contributed by atoms with Crippen molar-refractivity contribution in [2.24, 2.45) is 29.4 Å². The first-order chi connectivity index (χ1) is 24.0. The number of nitrogens with zero attached hydrogens (tertiary/aromatic N) is 2. The standard InChI is InChI=1S/C43H41F2N3O/c44-25-27-21-26(34-23-29(18-20-42(34)49)48-40-15-7-3-11-32(40)33-12-4-8-16-41(33)48)22-36(45)43(27)35-24-28(17-19-37(35)46)47-38-13-5-1-9-30(38)31-10-2-6-14-39(31)47/h1-18,20,22,27,30,34-38,43,49H,19,21,23-25,46H2/t27?,30?,34?,35?,36?,37?,38-,43?/m1/s1. The van der Waals surface area contributed by atoms with Gasteiger partial charge in [0.2, 0.25) is 0 Å². The van der Waals surface area contributed by atoms with E-state index in [-0.39, 0.29) is 29.7 Å². The maximum atomic E-state index is 16.7. The molecule has 0 radical (unpaired) electrons. The van der Waals surface area contributed by atoms with E-state index >= 15 is 8.78 Å². The molecule has 0 saturated heterocycles. The zero-order chi connectivity index (χ0) is 33.2. The average Bonchev–Trinajstić information content (AvgIpc) is 3.65. The number of anilines is 1. The first-order valence-electron chi connectivity index (χ1n) is 17.7. The van der Waals surface area contributed by atoms with Gasteiger partial charge in [-0.15, -0.1) is 0 Å². The Morgan fingerprint density at radius 2 is 1.53 bits per heavy atom. The van der Waals surface area contributed by atoms with Crippen LogP contribution in [-0.4, -0.2) is 34.6 Å². The monoisotopic (exact) mass is 653 g/mol. The van der Waals surface area contributed by atoms with Gasteiger partial charge in [-0.1, -0.05) is 96.6 Å². The molecule has 4 nitrogen and oxygen atoms in total. The Hall–Kier alpha value is -4.68. The van der Waals surface area contributed by atoms with Crippen molar-refractivity contribution in [3.8, 4) is 0 Å². The maximum Gasteiger partial charge on any atom is 0.122 e. The summed E-state index contributed by atoms with van der Waals surface area (Å²) in [5, 5.41) is 13.5. The van der Waals surface area contributed by atoms with E-state index in [1.165, 1.54) is 11.3 Å². The molecular formula is C43H41F2N3O. The largest absolute Gasteiger partial charge is 0.512 e. The quantitative estimate of drug-likeness (QED) is 0.211. The fourth-order valence-electron chi connectivity index (χ4n) is 9.65. The van der Waals surface area contributed by atoms with Crippen LogP contribution in [0.2, 0.25) is 0 Å². The summed E-state index contributed by atoms with van der Waals surface area (Å²) < 4.78 is 34.1. The summed E-state index contributed by atoms with van der Waals surface area (Å²) in [6, 6.07) is 25.1. The lowest BCUT2D eigenvalue weighted by atomic mass is 9.65. The number of allylic oxidation sites excluding steroid dienone is 8. The second-order valence-corrected chi connectivity index (χ2v) is 14.4. The van der Waals surface area contributed by atoms with Crippen molar-refractivity contribution in [3.05, 3.63) is 144 Å². The van der Waals surface area contributed by atoms with Crippen molar-refractivity contribution in [1.82, 2.24) is 4.57 Å². The van der Waals surface area contributed by atoms with E-state index in [1.807, 2.05) is 30.3 Å². The summed E-state index contributed by atoms with van der Waals surface area (Å²) in [4.78, 5) is 2.41. The predicted octanol–water partition coefficient (Wildman–Crippen LogP) is 9.69. The predicted molar refractivity (Wildman–Crippen MR) is 196 cm³/mol. The van der Waals surface area contributed by atoms with E-state index in [4.69, 9.17) is 5.73 Å².